The molecule has 6 heteroatoms. The van der Waals surface area contributed by atoms with Gasteiger partial charge in [-0.3, -0.25) is 4.99 Å². The smallest absolute Gasteiger partial charge is 0.328 e. The van der Waals surface area contributed by atoms with Gasteiger partial charge in [-0.2, -0.15) is 11.3 Å². The highest BCUT2D eigenvalue weighted by Crippen LogP contribution is 2.27. The van der Waals surface area contributed by atoms with Crippen molar-refractivity contribution in [3.8, 4) is 0 Å². The standard InChI is InChI=1S/C21H25ClN2O2S/c1-4-5-13-11-27-12-15(13)9-18(20(25)26)23-19-17-7-6-16(22)8-14(17)10-21(2,3)24-19/h6-8,11-12,18H,4-5,9-10H2,1-3H3,(H,23,24)(H,25,26)/t18-/m0/s1. The Hall–Kier alpha value is -1.85. The summed E-state index contributed by atoms with van der Waals surface area (Å²) in [5.41, 5.74) is 4.14. The highest BCUT2D eigenvalue weighted by atomic mass is 35.5. The fraction of sp³-hybridized carbons (Fsp3) is 0.429. The zero-order valence-corrected chi connectivity index (χ0v) is 17.5. The van der Waals surface area contributed by atoms with Gasteiger partial charge in [0.25, 0.3) is 0 Å². The maximum absolute atomic E-state index is 11.9. The molecule has 27 heavy (non-hydrogen) atoms. The van der Waals surface area contributed by atoms with Crippen LogP contribution in [0.1, 0.15) is 49.4 Å². The van der Waals surface area contributed by atoms with Crippen LogP contribution in [0, 0.1) is 0 Å². The van der Waals surface area contributed by atoms with E-state index in [1.54, 1.807) is 11.3 Å². The van der Waals surface area contributed by atoms with Crippen LogP contribution in [0.4, 0.5) is 0 Å². The monoisotopic (exact) mass is 404 g/mol. The van der Waals surface area contributed by atoms with Gasteiger partial charge < -0.3 is 10.4 Å². The molecule has 0 fully saturated rings. The number of hydrogen-bond acceptors (Lipinski definition) is 3. The predicted molar refractivity (Wildman–Crippen MR) is 112 cm³/mol. The molecule has 0 aliphatic carbocycles. The number of carboxylic acid groups (broad SMARTS) is 1. The van der Waals surface area contributed by atoms with Crippen molar-refractivity contribution < 1.29 is 9.90 Å². The number of aryl methyl sites for hydroxylation is 1. The van der Waals surface area contributed by atoms with Crippen LogP contribution < -0.4 is 5.32 Å². The number of aliphatic imine (C=N–C) groups is 1. The second-order valence-electron chi connectivity index (χ2n) is 7.70. The average Bonchev–Trinajstić information content (AvgIpc) is 3.00. The minimum atomic E-state index is -0.906. The first-order chi connectivity index (χ1) is 12.8. The van der Waals surface area contributed by atoms with Gasteiger partial charge in [-0.1, -0.05) is 24.9 Å². The molecule has 0 spiro atoms. The minimum Gasteiger partial charge on any atom is -0.480 e. The van der Waals surface area contributed by atoms with Crippen molar-refractivity contribution in [2.24, 2.45) is 4.99 Å². The molecule has 0 radical (unpaired) electrons. The van der Waals surface area contributed by atoms with E-state index in [1.807, 2.05) is 23.6 Å². The highest BCUT2D eigenvalue weighted by Gasteiger charge is 2.30. The summed E-state index contributed by atoms with van der Waals surface area (Å²) in [6.07, 6.45) is 3.22. The number of hydrogen-bond donors (Lipinski definition) is 2. The van der Waals surface area contributed by atoms with Crippen molar-refractivity contribution in [3.63, 3.8) is 0 Å². The van der Waals surface area contributed by atoms with E-state index in [2.05, 4.69) is 36.5 Å². The fourth-order valence-corrected chi connectivity index (χ4v) is 4.63. The van der Waals surface area contributed by atoms with Crippen molar-refractivity contribution in [3.05, 3.63) is 56.2 Å². The summed E-state index contributed by atoms with van der Waals surface area (Å²) in [5.74, 6) is -0.269. The number of halogens is 1. The third-order valence-electron chi connectivity index (χ3n) is 4.75. The first-order valence-corrected chi connectivity index (χ1v) is 10.5. The summed E-state index contributed by atoms with van der Waals surface area (Å²) in [6, 6.07) is 4.87. The topological polar surface area (TPSA) is 61.7 Å². The van der Waals surface area contributed by atoms with Crippen LogP contribution in [0.5, 0.6) is 0 Å². The number of nitrogens with zero attached hydrogens (tertiary/aromatic N) is 1. The Kier molecular flexibility index (Phi) is 5.92. The predicted octanol–water partition coefficient (Wildman–Crippen LogP) is 4.72. The molecule has 1 aromatic carbocycles. The van der Waals surface area contributed by atoms with Gasteiger partial charge in [-0.15, -0.1) is 0 Å². The Balaban J connectivity index is 1.96. The first-order valence-electron chi connectivity index (χ1n) is 9.20. The Bertz CT molecular complexity index is 873. The number of fused-ring (bicyclic) bond motifs is 1. The summed E-state index contributed by atoms with van der Waals surface area (Å²) >= 11 is 7.79. The molecule has 1 aliphatic rings. The number of aliphatic carboxylic acids is 1. The molecule has 1 aliphatic heterocycles. The van der Waals surface area contributed by atoms with Crippen LogP contribution in [-0.2, 0) is 24.1 Å². The van der Waals surface area contributed by atoms with Gasteiger partial charge in [0.1, 0.15) is 5.84 Å². The lowest BCUT2D eigenvalue weighted by molar-refractivity contribution is -0.138. The molecule has 144 valence electrons. The van der Waals surface area contributed by atoms with Crippen molar-refractivity contribution in [1.82, 2.24) is 5.32 Å². The van der Waals surface area contributed by atoms with E-state index in [1.165, 1.54) is 5.56 Å². The van der Waals surface area contributed by atoms with Gasteiger partial charge in [0, 0.05) is 22.5 Å². The fourth-order valence-electron chi connectivity index (χ4n) is 3.52. The molecule has 0 amide bonds. The van der Waals surface area contributed by atoms with Crippen LogP contribution >= 0.6 is 22.9 Å². The molecule has 1 aromatic heterocycles. The number of rotatable bonds is 6. The molecule has 0 unspecified atom stereocenters. The van der Waals surface area contributed by atoms with Crippen molar-refractivity contribution in [2.75, 3.05) is 0 Å². The van der Waals surface area contributed by atoms with Crippen LogP contribution in [0.25, 0.3) is 0 Å². The zero-order valence-electron chi connectivity index (χ0n) is 15.9. The van der Waals surface area contributed by atoms with Crippen LogP contribution in [0.3, 0.4) is 0 Å². The van der Waals surface area contributed by atoms with Gasteiger partial charge in [-0.05, 0) is 72.3 Å². The Labute approximate surface area is 169 Å². The SMILES string of the molecule is CCCc1cscc1C[C@H](N=C1NC(C)(C)Cc2cc(Cl)ccc21)C(=O)O. The summed E-state index contributed by atoms with van der Waals surface area (Å²) < 4.78 is 0. The summed E-state index contributed by atoms with van der Waals surface area (Å²) in [7, 11) is 0. The third kappa shape index (κ3) is 4.71. The van der Waals surface area contributed by atoms with Gasteiger partial charge in [0.2, 0.25) is 0 Å². The van der Waals surface area contributed by atoms with Gasteiger partial charge in [0.05, 0.1) is 0 Å². The normalized spacial score (nSPS) is 18.0. The van der Waals surface area contributed by atoms with Crippen molar-refractivity contribution in [2.45, 2.75) is 58.0 Å². The molecule has 2 heterocycles. The quantitative estimate of drug-likeness (QED) is 0.732. The van der Waals surface area contributed by atoms with Crippen molar-refractivity contribution >= 4 is 34.7 Å². The van der Waals surface area contributed by atoms with E-state index in [9.17, 15) is 9.90 Å². The molecule has 0 bridgehead atoms. The molecule has 0 saturated heterocycles. The van der Waals surface area contributed by atoms with E-state index in [-0.39, 0.29) is 5.54 Å². The third-order valence-corrected chi connectivity index (χ3v) is 5.82. The minimum absolute atomic E-state index is 0.213. The molecular weight excluding hydrogens is 380 g/mol. The largest absolute Gasteiger partial charge is 0.480 e. The van der Waals surface area contributed by atoms with E-state index < -0.39 is 12.0 Å². The second-order valence-corrected chi connectivity index (χ2v) is 8.88. The molecule has 3 rings (SSSR count). The van der Waals surface area contributed by atoms with Gasteiger partial charge in [0.15, 0.2) is 6.04 Å². The van der Waals surface area contributed by atoms with E-state index in [0.29, 0.717) is 17.3 Å². The van der Waals surface area contributed by atoms with Crippen molar-refractivity contribution in [1.29, 1.82) is 0 Å². The number of carboxylic acids is 1. The van der Waals surface area contributed by atoms with Crippen LogP contribution in [0.15, 0.2) is 34.0 Å². The molecular formula is C21H25ClN2O2S. The second kappa shape index (κ2) is 8.03. The number of benzene rings is 1. The maximum Gasteiger partial charge on any atom is 0.328 e. The lowest BCUT2D eigenvalue weighted by atomic mass is 9.87. The van der Waals surface area contributed by atoms with Gasteiger partial charge >= 0.3 is 5.97 Å². The number of nitrogens with one attached hydrogen (secondary N) is 1. The summed E-state index contributed by atoms with van der Waals surface area (Å²) in [6.45, 7) is 6.30. The first kappa shape index (κ1) is 19.9. The lowest BCUT2D eigenvalue weighted by Gasteiger charge is -2.35. The van der Waals surface area contributed by atoms with E-state index in [4.69, 9.17) is 11.6 Å². The summed E-state index contributed by atoms with van der Waals surface area (Å²) in [4.78, 5) is 16.6. The molecule has 1 atom stereocenters. The van der Waals surface area contributed by atoms with Crippen LogP contribution in [0.2, 0.25) is 5.02 Å². The summed E-state index contributed by atoms with van der Waals surface area (Å²) in [5, 5.41) is 18.1. The number of carbonyl (C=O) groups is 1. The Morgan fingerprint density at radius 2 is 2.11 bits per heavy atom. The Morgan fingerprint density at radius 3 is 2.81 bits per heavy atom. The van der Waals surface area contributed by atoms with Gasteiger partial charge in [-0.25, -0.2) is 4.79 Å². The molecule has 2 aromatic rings. The maximum atomic E-state index is 11.9. The molecule has 0 saturated carbocycles. The highest BCUT2D eigenvalue weighted by molar-refractivity contribution is 7.08. The molecule has 4 nitrogen and oxygen atoms in total. The van der Waals surface area contributed by atoms with E-state index in [0.717, 1.165) is 36.0 Å². The number of amidine groups is 1. The lowest BCUT2D eigenvalue weighted by Crippen LogP contribution is -2.50. The Morgan fingerprint density at radius 1 is 1.37 bits per heavy atom. The average molecular weight is 405 g/mol. The number of thiophene rings is 1. The zero-order chi connectivity index (χ0) is 19.6. The van der Waals surface area contributed by atoms with Crippen LogP contribution in [-0.4, -0.2) is 28.5 Å². The van der Waals surface area contributed by atoms with E-state index >= 15 is 0 Å². The molecule has 2 N–H and O–H groups in total.